The monoisotopic (exact) mass is 256 g/mol. The topological polar surface area (TPSA) is 33.3 Å². The van der Waals surface area contributed by atoms with Crippen molar-refractivity contribution in [1.29, 1.82) is 0 Å². The first-order valence-electron chi connectivity index (χ1n) is 6.56. The van der Waals surface area contributed by atoms with Crippen LogP contribution in [0.15, 0.2) is 48.5 Å². The standard InChI is InChI=1S/C16H20N2O/c1-3-19-16-7-5-4-6-15(16)18-12-13-8-10-14(17-2)11-9-13/h4-11,17-18H,3,12H2,1-2H3. The quantitative estimate of drug-likeness (QED) is 0.826. The highest BCUT2D eigenvalue weighted by Crippen LogP contribution is 2.24. The van der Waals surface area contributed by atoms with E-state index < -0.39 is 0 Å². The molecule has 19 heavy (non-hydrogen) atoms. The summed E-state index contributed by atoms with van der Waals surface area (Å²) in [6.07, 6.45) is 0. The van der Waals surface area contributed by atoms with E-state index in [0.717, 1.165) is 23.7 Å². The SMILES string of the molecule is CCOc1ccccc1NCc1ccc(NC)cc1. The molecular formula is C16H20N2O. The van der Waals surface area contributed by atoms with Gasteiger partial charge in [-0.2, -0.15) is 0 Å². The fourth-order valence-electron chi connectivity index (χ4n) is 1.88. The zero-order valence-electron chi connectivity index (χ0n) is 11.4. The smallest absolute Gasteiger partial charge is 0.142 e. The molecule has 0 saturated carbocycles. The van der Waals surface area contributed by atoms with Gasteiger partial charge in [0, 0.05) is 19.3 Å². The Hall–Kier alpha value is -2.16. The summed E-state index contributed by atoms with van der Waals surface area (Å²) in [4.78, 5) is 0. The number of para-hydroxylation sites is 2. The van der Waals surface area contributed by atoms with Crippen LogP contribution < -0.4 is 15.4 Å². The molecule has 2 aromatic carbocycles. The van der Waals surface area contributed by atoms with Crippen molar-refractivity contribution in [2.45, 2.75) is 13.5 Å². The van der Waals surface area contributed by atoms with Crippen LogP contribution in [-0.2, 0) is 6.54 Å². The maximum atomic E-state index is 5.59. The highest BCUT2D eigenvalue weighted by molar-refractivity contribution is 5.56. The zero-order chi connectivity index (χ0) is 13.5. The lowest BCUT2D eigenvalue weighted by Gasteiger charge is -2.12. The van der Waals surface area contributed by atoms with E-state index in [1.807, 2.05) is 38.2 Å². The van der Waals surface area contributed by atoms with Gasteiger partial charge in [0.05, 0.1) is 12.3 Å². The lowest BCUT2D eigenvalue weighted by atomic mass is 10.2. The van der Waals surface area contributed by atoms with Gasteiger partial charge in [0.15, 0.2) is 0 Å². The highest BCUT2D eigenvalue weighted by Gasteiger charge is 2.01. The third kappa shape index (κ3) is 3.65. The number of nitrogens with one attached hydrogen (secondary N) is 2. The van der Waals surface area contributed by atoms with Crippen molar-refractivity contribution < 1.29 is 4.74 Å². The summed E-state index contributed by atoms with van der Waals surface area (Å²) in [5.41, 5.74) is 3.39. The van der Waals surface area contributed by atoms with Crippen LogP contribution in [0.25, 0.3) is 0 Å². The Morgan fingerprint density at radius 3 is 2.42 bits per heavy atom. The van der Waals surface area contributed by atoms with Crippen molar-refractivity contribution >= 4 is 11.4 Å². The molecule has 0 aliphatic rings. The van der Waals surface area contributed by atoms with Crippen molar-refractivity contribution in [2.24, 2.45) is 0 Å². The van der Waals surface area contributed by atoms with Crippen molar-refractivity contribution in [3.8, 4) is 5.75 Å². The first kappa shape index (κ1) is 13.3. The van der Waals surface area contributed by atoms with E-state index in [4.69, 9.17) is 4.74 Å². The van der Waals surface area contributed by atoms with Gasteiger partial charge in [0.1, 0.15) is 5.75 Å². The minimum atomic E-state index is 0.676. The summed E-state index contributed by atoms with van der Waals surface area (Å²) in [5, 5.41) is 6.52. The van der Waals surface area contributed by atoms with Gasteiger partial charge in [-0.1, -0.05) is 24.3 Å². The Kier molecular flexibility index (Phi) is 4.67. The molecule has 2 rings (SSSR count). The first-order chi connectivity index (χ1) is 9.33. The number of hydrogen-bond donors (Lipinski definition) is 2. The molecule has 0 atom stereocenters. The van der Waals surface area contributed by atoms with E-state index >= 15 is 0 Å². The van der Waals surface area contributed by atoms with Gasteiger partial charge < -0.3 is 15.4 Å². The Morgan fingerprint density at radius 2 is 1.74 bits per heavy atom. The second kappa shape index (κ2) is 6.69. The maximum Gasteiger partial charge on any atom is 0.142 e. The van der Waals surface area contributed by atoms with E-state index in [1.165, 1.54) is 5.56 Å². The molecule has 0 aliphatic carbocycles. The van der Waals surface area contributed by atoms with Crippen molar-refractivity contribution in [2.75, 3.05) is 24.3 Å². The van der Waals surface area contributed by atoms with Gasteiger partial charge in [-0.25, -0.2) is 0 Å². The third-order valence-corrected chi connectivity index (χ3v) is 2.91. The summed E-state index contributed by atoms with van der Waals surface area (Å²) in [6, 6.07) is 16.4. The first-order valence-corrected chi connectivity index (χ1v) is 6.56. The van der Waals surface area contributed by atoms with Crippen LogP contribution in [0.3, 0.4) is 0 Å². The number of ether oxygens (including phenoxy) is 1. The number of rotatable bonds is 6. The molecule has 2 aromatic rings. The Balaban J connectivity index is 2.01. The molecule has 0 fully saturated rings. The van der Waals surface area contributed by atoms with Gasteiger partial charge in [-0.3, -0.25) is 0 Å². The largest absolute Gasteiger partial charge is 0.492 e. The summed E-state index contributed by atoms with van der Waals surface area (Å²) < 4.78 is 5.59. The average Bonchev–Trinajstić information content (AvgIpc) is 2.47. The van der Waals surface area contributed by atoms with Gasteiger partial charge in [0.25, 0.3) is 0 Å². The summed E-state index contributed by atoms with van der Waals surface area (Å²) in [5.74, 6) is 0.900. The Labute approximate surface area is 114 Å². The fraction of sp³-hybridized carbons (Fsp3) is 0.250. The molecule has 0 bridgehead atoms. The predicted octanol–water partition coefficient (Wildman–Crippen LogP) is 3.74. The molecule has 2 N–H and O–H groups in total. The Morgan fingerprint density at radius 1 is 1.00 bits per heavy atom. The fourth-order valence-corrected chi connectivity index (χ4v) is 1.88. The average molecular weight is 256 g/mol. The molecule has 100 valence electrons. The molecular weight excluding hydrogens is 236 g/mol. The van der Waals surface area contributed by atoms with Gasteiger partial charge >= 0.3 is 0 Å². The van der Waals surface area contributed by atoms with Crippen LogP contribution in [0.4, 0.5) is 11.4 Å². The lowest BCUT2D eigenvalue weighted by Crippen LogP contribution is -2.02. The molecule has 0 aromatic heterocycles. The molecule has 0 radical (unpaired) electrons. The molecule has 0 unspecified atom stereocenters. The Bertz CT molecular complexity index is 508. The van der Waals surface area contributed by atoms with Gasteiger partial charge in [-0.05, 0) is 36.8 Å². The van der Waals surface area contributed by atoms with Gasteiger partial charge in [-0.15, -0.1) is 0 Å². The number of anilines is 2. The minimum absolute atomic E-state index is 0.676. The van der Waals surface area contributed by atoms with E-state index in [1.54, 1.807) is 0 Å². The molecule has 0 saturated heterocycles. The van der Waals surface area contributed by atoms with Crippen LogP contribution in [0.5, 0.6) is 5.75 Å². The normalized spacial score (nSPS) is 10.0. The third-order valence-electron chi connectivity index (χ3n) is 2.91. The van der Waals surface area contributed by atoms with Crippen LogP contribution in [0, 0.1) is 0 Å². The zero-order valence-corrected chi connectivity index (χ0v) is 11.4. The van der Waals surface area contributed by atoms with Crippen LogP contribution >= 0.6 is 0 Å². The molecule has 0 amide bonds. The lowest BCUT2D eigenvalue weighted by molar-refractivity contribution is 0.341. The highest BCUT2D eigenvalue weighted by atomic mass is 16.5. The second-order valence-corrected chi connectivity index (χ2v) is 4.23. The molecule has 0 spiro atoms. The van der Waals surface area contributed by atoms with E-state index in [9.17, 15) is 0 Å². The van der Waals surface area contributed by atoms with Crippen LogP contribution in [0.2, 0.25) is 0 Å². The molecule has 0 aliphatic heterocycles. The maximum absolute atomic E-state index is 5.59. The van der Waals surface area contributed by atoms with Crippen LogP contribution in [-0.4, -0.2) is 13.7 Å². The van der Waals surface area contributed by atoms with Crippen molar-refractivity contribution in [3.63, 3.8) is 0 Å². The van der Waals surface area contributed by atoms with Crippen molar-refractivity contribution in [3.05, 3.63) is 54.1 Å². The van der Waals surface area contributed by atoms with Crippen LogP contribution in [0.1, 0.15) is 12.5 Å². The predicted molar refractivity (Wildman–Crippen MR) is 80.9 cm³/mol. The van der Waals surface area contributed by atoms with E-state index in [0.29, 0.717) is 6.61 Å². The van der Waals surface area contributed by atoms with Gasteiger partial charge in [0.2, 0.25) is 0 Å². The van der Waals surface area contributed by atoms with E-state index in [-0.39, 0.29) is 0 Å². The molecule has 3 heteroatoms. The molecule has 0 heterocycles. The van der Waals surface area contributed by atoms with Crippen molar-refractivity contribution in [1.82, 2.24) is 0 Å². The molecule has 3 nitrogen and oxygen atoms in total. The summed E-state index contributed by atoms with van der Waals surface area (Å²) in [7, 11) is 1.92. The van der Waals surface area contributed by atoms with E-state index in [2.05, 4.69) is 34.9 Å². The number of hydrogen-bond acceptors (Lipinski definition) is 3. The summed E-state index contributed by atoms with van der Waals surface area (Å²) >= 11 is 0. The minimum Gasteiger partial charge on any atom is -0.492 e. The number of benzene rings is 2. The summed E-state index contributed by atoms with van der Waals surface area (Å²) in [6.45, 7) is 3.46. The second-order valence-electron chi connectivity index (χ2n) is 4.23.